The second kappa shape index (κ2) is 9.85. The van der Waals surface area contributed by atoms with Crippen LogP contribution in [0.2, 0.25) is 0 Å². The molecule has 1 aliphatic heterocycles. The van der Waals surface area contributed by atoms with Crippen LogP contribution >= 0.6 is 0 Å². The number of ether oxygens (including phenoxy) is 4. The summed E-state index contributed by atoms with van der Waals surface area (Å²) in [5, 5.41) is 2.56. The fourth-order valence-electron chi connectivity index (χ4n) is 2.72. The van der Waals surface area contributed by atoms with Gasteiger partial charge in [-0.3, -0.25) is 19.2 Å². The van der Waals surface area contributed by atoms with E-state index in [1.54, 1.807) is 0 Å². The molecule has 0 aromatic carbocycles. The van der Waals surface area contributed by atoms with Gasteiger partial charge in [0.25, 0.3) is 0 Å². The standard InChI is InChI=1S/C16H23NO9/c1-8(19)17-14-12(5-6-18)26-13(7-23-9(2)20)15(24-10(3)21)16(14)25-11(4)22/h6,12-16H,5,7H2,1-4H3,(H,17,19)/t12-,13?,14+,15-,16?/m0/s1. The van der Waals surface area contributed by atoms with Crippen LogP contribution in [0.3, 0.4) is 0 Å². The van der Waals surface area contributed by atoms with Crippen LogP contribution in [0.5, 0.6) is 0 Å². The number of carbonyl (C=O) groups excluding carboxylic acids is 5. The van der Waals surface area contributed by atoms with Crippen molar-refractivity contribution >= 4 is 30.1 Å². The Balaban J connectivity index is 3.24. The molecule has 0 aromatic heterocycles. The molecule has 0 aliphatic carbocycles. The summed E-state index contributed by atoms with van der Waals surface area (Å²) in [5.41, 5.74) is 0. The molecule has 1 heterocycles. The van der Waals surface area contributed by atoms with Crippen LogP contribution < -0.4 is 5.32 Å². The minimum atomic E-state index is -1.14. The predicted octanol–water partition coefficient (Wildman–Crippen LogP) is -0.726. The monoisotopic (exact) mass is 373 g/mol. The Morgan fingerprint density at radius 3 is 1.96 bits per heavy atom. The average Bonchev–Trinajstić information content (AvgIpc) is 2.50. The quantitative estimate of drug-likeness (QED) is 0.348. The molecule has 1 rings (SSSR count). The van der Waals surface area contributed by atoms with E-state index in [-0.39, 0.29) is 13.0 Å². The van der Waals surface area contributed by atoms with E-state index < -0.39 is 54.3 Å². The smallest absolute Gasteiger partial charge is 0.303 e. The van der Waals surface area contributed by atoms with Gasteiger partial charge in [0.15, 0.2) is 12.2 Å². The lowest BCUT2D eigenvalue weighted by Gasteiger charge is -2.45. The van der Waals surface area contributed by atoms with Crippen LogP contribution in [0.1, 0.15) is 34.1 Å². The number of rotatable bonds is 7. The number of aldehydes is 1. The Labute approximate surface area is 150 Å². The average molecular weight is 373 g/mol. The van der Waals surface area contributed by atoms with Gasteiger partial charge in [-0.1, -0.05) is 0 Å². The van der Waals surface area contributed by atoms with Crippen LogP contribution in [-0.4, -0.2) is 67.2 Å². The van der Waals surface area contributed by atoms with Crippen molar-refractivity contribution in [2.45, 2.75) is 64.6 Å². The van der Waals surface area contributed by atoms with Crippen molar-refractivity contribution in [3.05, 3.63) is 0 Å². The van der Waals surface area contributed by atoms with Crippen LogP contribution in [0.4, 0.5) is 0 Å². The van der Waals surface area contributed by atoms with Gasteiger partial charge in [0.1, 0.15) is 19.0 Å². The van der Waals surface area contributed by atoms with Crippen LogP contribution in [0.15, 0.2) is 0 Å². The van der Waals surface area contributed by atoms with Crippen molar-refractivity contribution in [1.82, 2.24) is 5.32 Å². The number of esters is 3. The van der Waals surface area contributed by atoms with Crippen molar-refractivity contribution in [2.75, 3.05) is 6.61 Å². The van der Waals surface area contributed by atoms with E-state index in [0.717, 1.165) is 13.8 Å². The Hall–Kier alpha value is -2.49. The fraction of sp³-hybridized carbons (Fsp3) is 0.688. The molecule has 1 N–H and O–H groups in total. The zero-order valence-electron chi connectivity index (χ0n) is 15.1. The highest BCUT2D eigenvalue weighted by atomic mass is 16.6. The topological polar surface area (TPSA) is 134 Å². The summed E-state index contributed by atoms with van der Waals surface area (Å²) < 4.78 is 21.1. The van der Waals surface area contributed by atoms with Gasteiger partial charge >= 0.3 is 17.9 Å². The SMILES string of the molecule is CC(=O)N[C@H]1C(OC(C)=O)[C@@H](OC(C)=O)C(COC(C)=O)O[C@H]1CC=O. The van der Waals surface area contributed by atoms with Crippen LogP contribution in [0.25, 0.3) is 0 Å². The van der Waals surface area contributed by atoms with E-state index >= 15 is 0 Å². The summed E-state index contributed by atoms with van der Waals surface area (Å²) in [7, 11) is 0. The lowest BCUT2D eigenvalue weighted by molar-refractivity contribution is -0.223. The number of nitrogens with one attached hydrogen (secondary N) is 1. The van der Waals surface area contributed by atoms with Gasteiger partial charge in [-0.2, -0.15) is 0 Å². The van der Waals surface area contributed by atoms with Crippen LogP contribution in [-0.2, 0) is 42.9 Å². The highest BCUT2D eigenvalue weighted by Crippen LogP contribution is 2.28. The molecule has 2 unspecified atom stereocenters. The van der Waals surface area contributed by atoms with Gasteiger partial charge in [-0.05, 0) is 0 Å². The molecule has 5 atom stereocenters. The lowest BCUT2D eigenvalue weighted by Crippen LogP contribution is -2.66. The van der Waals surface area contributed by atoms with Crippen molar-refractivity contribution in [3.63, 3.8) is 0 Å². The van der Waals surface area contributed by atoms with Crippen molar-refractivity contribution in [1.29, 1.82) is 0 Å². The molecule has 0 spiro atoms. The number of hydrogen-bond acceptors (Lipinski definition) is 9. The molecule has 0 bridgehead atoms. The second-order valence-electron chi connectivity index (χ2n) is 5.79. The highest BCUT2D eigenvalue weighted by Gasteiger charge is 2.50. The summed E-state index contributed by atoms with van der Waals surface area (Å²) in [4.78, 5) is 56.7. The minimum absolute atomic E-state index is 0.119. The Kier molecular flexibility index (Phi) is 8.17. The number of carbonyl (C=O) groups is 5. The molecule has 1 amide bonds. The summed E-state index contributed by atoms with van der Waals surface area (Å²) in [6, 6.07) is -0.931. The molecule has 10 nitrogen and oxygen atoms in total. The van der Waals surface area contributed by atoms with Gasteiger partial charge in [0.05, 0.1) is 12.1 Å². The molecule has 1 aliphatic rings. The third-order valence-corrected chi connectivity index (χ3v) is 3.55. The van der Waals surface area contributed by atoms with E-state index in [2.05, 4.69) is 5.32 Å². The summed E-state index contributed by atoms with van der Waals surface area (Å²) in [6.07, 6.45) is -3.66. The van der Waals surface area contributed by atoms with Gasteiger partial charge in [-0.25, -0.2) is 0 Å². The first-order valence-corrected chi connectivity index (χ1v) is 7.99. The molecule has 1 fully saturated rings. The maximum absolute atomic E-state index is 11.5. The molecule has 0 aromatic rings. The normalized spacial score (nSPS) is 27.8. The van der Waals surface area contributed by atoms with Gasteiger partial charge in [0.2, 0.25) is 5.91 Å². The fourth-order valence-corrected chi connectivity index (χ4v) is 2.72. The Morgan fingerprint density at radius 2 is 1.50 bits per heavy atom. The summed E-state index contributed by atoms with van der Waals surface area (Å²) in [6.45, 7) is 4.46. The molecule has 0 radical (unpaired) electrons. The first kappa shape index (κ1) is 21.6. The van der Waals surface area contributed by atoms with Gasteiger partial charge in [0, 0.05) is 34.1 Å². The summed E-state index contributed by atoms with van der Waals surface area (Å²) in [5.74, 6) is -2.40. The third kappa shape index (κ3) is 6.43. The minimum Gasteiger partial charge on any atom is -0.463 e. The van der Waals surface area contributed by atoms with E-state index in [4.69, 9.17) is 18.9 Å². The van der Waals surface area contributed by atoms with Crippen molar-refractivity contribution in [2.24, 2.45) is 0 Å². The molecule has 26 heavy (non-hydrogen) atoms. The zero-order valence-corrected chi connectivity index (χ0v) is 15.1. The molecule has 10 heteroatoms. The molecule has 146 valence electrons. The van der Waals surface area contributed by atoms with Gasteiger partial charge < -0.3 is 29.1 Å². The number of hydrogen-bond donors (Lipinski definition) is 1. The van der Waals surface area contributed by atoms with E-state index in [1.165, 1.54) is 13.8 Å². The third-order valence-electron chi connectivity index (χ3n) is 3.55. The maximum Gasteiger partial charge on any atom is 0.303 e. The van der Waals surface area contributed by atoms with Gasteiger partial charge in [-0.15, -0.1) is 0 Å². The number of amides is 1. The first-order valence-electron chi connectivity index (χ1n) is 7.99. The zero-order chi connectivity index (χ0) is 19.9. The molecule has 1 saturated heterocycles. The van der Waals surface area contributed by atoms with Crippen molar-refractivity contribution in [3.8, 4) is 0 Å². The summed E-state index contributed by atoms with van der Waals surface area (Å²) >= 11 is 0. The molecular weight excluding hydrogens is 350 g/mol. The largest absolute Gasteiger partial charge is 0.463 e. The highest BCUT2D eigenvalue weighted by molar-refractivity contribution is 5.74. The van der Waals surface area contributed by atoms with E-state index in [1.807, 2.05) is 0 Å². The van der Waals surface area contributed by atoms with E-state index in [9.17, 15) is 24.0 Å². The first-order chi connectivity index (χ1) is 12.1. The molecule has 0 saturated carbocycles. The molecular formula is C16H23NO9. The van der Waals surface area contributed by atoms with E-state index in [0.29, 0.717) is 6.29 Å². The predicted molar refractivity (Wildman–Crippen MR) is 84.7 cm³/mol. The Bertz CT molecular complexity index is 562. The van der Waals surface area contributed by atoms with Crippen molar-refractivity contribution < 1.29 is 42.9 Å². The Morgan fingerprint density at radius 1 is 0.923 bits per heavy atom. The lowest BCUT2D eigenvalue weighted by atomic mass is 9.90. The second-order valence-corrected chi connectivity index (χ2v) is 5.79. The van der Waals surface area contributed by atoms with Crippen LogP contribution in [0, 0.1) is 0 Å². The maximum atomic E-state index is 11.5.